The van der Waals surface area contributed by atoms with Crippen molar-refractivity contribution in [2.75, 3.05) is 20.1 Å². The Hall–Kier alpha value is -2.37. The van der Waals surface area contributed by atoms with Gasteiger partial charge >= 0.3 is 6.09 Å². The minimum absolute atomic E-state index is 0.216. The SMILES string of the molecule is CN(CCCCCN1C(=O)c2ccccc2C1=O)C(=O)OC(C)(C)C. The third kappa shape index (κ3) is 4.81. The second-order valence-electron chi connectivity index (χ2n) is 7.27. The van der Waals surface area contributed by atoms with Gasteiger partial charge in [0.25, 0.3) is 11.8 Å². The molecule has 136 valence electrons. The Bertz CT molecular complexity index is 629. The van der Waals surface area contributed by atoms with Crippen LogP contribution in [0.3, 0.4) is 0 Å². The zero-order valence-electron chi connectivity index (χ0n) is 15.4. The molecule has 0 saturated heterocycles. The lowest BCUT2D eigenvalue weighted by molar-refractivity contribution is 0.0296. The number of carbonyl (C=O) groups is 3. The highest BCUT2D eigenvalue weighted by Gasteiger charge is 2.34. The first-order chi connectivity index (χ1) is 11.7. The molecule has 0 unspecified atom stereocenters. The summed E-state index contributed by atoms with van der Waals surface area (Å²) in [4.78, 5) is 39.2. The van der Waals surface area contributed by atoms with E-state index in [0.29, 0.717) is 30.6 Å². The van der Waals surface area contributed by atoms with Crippen LogP contribution < -0.4 is 0 Å². The molecule has 0 saturated carbocycles. The summed E-state index contributed by atoms with van der Waals surface area (Å²) in [5.74, 6) is -0.432. The number of benzene rings is 1. The van der Waals surface area contributed by atoms with Gasteiger partial charge in [0.1, 0.15) is 5.60 Å². The monoisotopic (exact) mass is 346 g/mol. The van der Waals surface area contributed by atoms with Crippen molar-refractivity contribution in [2.24, 2.45) is 0 Å². The molecule has 0 aromatic heterocycles. The highest BCUT2D eigenvalue weighted by Crippen LogP contribution is 2.22. The van der Waals surface area contributed by atoms with Crippen LogP contribution in [0.2, 0.25) is 0 Å². The van der Waals surface area contributed by atoms with E-state index in [2.05, 4.69) is 0 Å². The number of imide groups is 1. The lowest BCUT2D eigenvalue weighted by atomic mass is 10.1. The summed E-state index contributed by atoms with van der Waals surface area (Å²) in [6.07, 6.45) is 1.99. The molecule has 0 aliphatic carbocycles. The molecule has 0 radical (unpaired) electrons. The average molecular weight is 346 g/mol. The van der Waals surface area contributed by atoms with Crippen LogP contribution in [-0.4, -0.2) is 53.4 Å². The third-order valence-electron chi connectivity index (χ3n) is 3.96. The summed E-state index contributed by atoms with van der Waals surface area (Å²) < 4.78 is 5.29. The highest BCUT2D eigenvalue weighted by molar-refractivity contribution is 6.21. The minimum atomic E-state index is -0.503. The third-order valence-corrected chi connectivity index (χ3v) is 3.96. The van der Waals surface area contributed by atoms with Crippen LogP contribution in [0.4, 0.5) is 4.79 Å². The van der Waals surface area contributed by atoms with Gasteiger partial charge in [-0.1, -0.05) is 12.1 Å². The number of hydrogen-bond donors (Lipinski definition) is 0. The van der Waals surface area contributed by atoms with Crippen molar-refractivity contribution < 1.29 is 19.1 Å². The van der Waals surface area contributed by atoms with E-state index >= 15 is 0 Å². The Morgan fingerprint density at radius 3 is 2.12 bits per heavy atom. The van der Waals surface area contributed by atoms with Crippen molar-refractivity contribution in [3.63, 3.8) is 0 Å². The van der Waals surface area contributed by atoms with Gasteiger partial charge in [-0.15, -0.1) is 0 Å². The molecule has 1 aromatic carbocycles. The van der Waals surface area contributed by atoms with Gasteiger partial charge in [-0.2, -0.15) is 0 Å². The number of unbranched alkanes of at least 4 members (excludes halogenated alkanes) is 2. The van der Waals surface area contributed by atoms with E-state index in [1.807, 2.05) is 20.8 Å². The van der Waals surface area contributed by atoms with Crippen molar-refractivity contribution in [1.29, 1.82) is 0 Å². The van der Waals surface area contributed by atoms with E-state index in [1.165, 1.54) is 4.90 Å². The van der Waals surface area contributed by atoms with Gasteiger partial charge in [0, 0.05) is 20.1 Å². The van der Waals surface area contributed by atoms with Gasteiger partial charge in [-0.05, 0) is 52.2 Å². The van der Waals surface area contributed by atoms with Crippen LogP contribution in [0.5, 0.6) is 0 Å². The number of hydrogen-bond acceptors (Lipinski definition) is 4. The fraction of sp³-hybridized carbons (Fsp3) is 0.526. The quantitative estimate of drug-likeness (QED) is 0.585. The van der Waals surface area contributed by atoms with Gasteiger partial charge in [0.2, 0.25) is 0 Å². The van der Waals surface area contributed by atoms with Gasteiger partial charge in [0.15, 0.2) is 0 Å². The number of rotatable bonds is 6. The zero-order valence-corrected chi connectivity index (χ0v) is 15.4. The summed E-state index contributed by atoms with van der Waals surface area (Å²) >= 11 is 0. The predicted molar refractivity (Wildman–Crippen MR) is 94.5 cm³/mol. The number of carbonyl (C=O) groups excluding carboxylic acids is 3. The molecule has 0 N–H and O–H groups in total. The van der Waals surface area contributed by atoms with Gasteiger partial charge in [-0.25, -0.2) is 4.79 Å². The maximum atomic E-state index is 12.2. The van der Waals surface area contributed by atoms with Crippen molar-refractivity contribution in [2.45, 2.75) is 45.6 Å². The fourth-order valence-corrected chi connectivity index (χ4v) is 2.67. The second-order valence-corrected chi connectivity index (χ2v) is 7.27. The summed E-state index contributed by atoms with van der Waals surface area (Å²) in [5.41, 5.74) is 0.464. The summed E-state index contributed by atoms with van der Waals surface area (Å²) in [6.45, 7) is 6.49. The molecule has 0 fully saturated rings. The van der Waals surface area contributed by atoms with Crippen molar-refractivity contribution >= 4 is 17.9 Å². The van der Waals surface area contributed by atoms with E-state index in [0.717, 1.165) is 12.8 Å². The molecule has 0 bridgehead atoms. The number of amides is 3. The summed E-state index contributed by atoms with van der Waals surface area (Å²) in [5, 5.41) is 0. The van der Waals surface area contributed by atoms with Crippen molar-refractivity contribution in [3.8, 4) is 0 Å². The smallest absolute Gasteiger partial charge is 0.410 e. The standard InChI is InChI=1S/C19H26N2O4/c1-19(2,3)25-18(24)20(4)12-8-5-9-13-21-16(22)14-10-6-7-11-15(14)17(21)23/h6-7,10-11H,5,8-9,12-13H2,1-4H3. The molecule has 3 amide bonds. The number of ether oxygens (including phenoxy) is 1. The Balaban J connectivity index is 1.71. The molecule has 25 heavy (non-hydrogen) atoms. The molecule has 2 rings (SSSR count). The first-order valence-corrected chi connectivity index (χ1v) is 8.60. The number of nitrogens with zero attached hydrogens (tertiary/aromatic N) is 2. The summed E-state index contributed by atoms with van der Waals surface area (Å²) in [7, 11) is 1.71. The lowest BCUT2D eigenvalue weighted by Crippen LogP contribution is -2.34. The molecule has 1 heterocycles. The Morgan fingerprint density at radius 1 is 1.04 bits per heavy atom. The second kappa shape index (κ2) is 7.68. The molecule has 1 aliphatic rings. The summed E-state index contributed by atoms with van der Waals surface area (Å²) in [6, 6.07) is 6.90. The minimum Gasteiger partial charge on any atom is -0.444 e. The van der Waals surface area contributed by atoms with E-state index in [1.54, 1.807) is 36.2 Å². The average Bonchev–Trinajstić information content (AvgIpc) is 2.78. The molecule has 0 atom stereocenters. The van der Waals surface area contributed by atoms with E-state index in [-0.39, 0.29) is 17.9 Å². The molecule has 1 aliphatic heterocycles. The Morgan fingerprint density at radius 2 is 1.60 bits per heavy atom. The molecule has 0 spiro atoms. The predicted octanol–water partition coefficient (Wildman–Crippen LogP) is 3.32. The maximum absolute atomic E-state index is 12.2. The maximum Gasteiger partial charge on any atom is 0.410 e. The molecule has 6 nitrogen and oxygen atoms in total. The molecule has 1 aromatic rings. The topological polar surface area (TPSA) is 66.9 Å². The number of fused-ring (bicyclic) bond motifs is 1. The fourth-order valence-electron chi connectivity index (χ4n) is 2.67. The first-order valence-electron chi connectivity index (χ1n) is 8.60. The normalized spacial score (nSPS) is 13.8. The molecular formula is C19H26N2O4. The highest BCUT2D eigenvalue weighted by atomic mass is 16.6. The lowest BCUT2D eigenvalue weighted by Gasteiger charge is -2.24. The molecular weight excluding hydrogens is 320 g/mol. The van der Waals surface area contributed by atoms with Gasteiger partial charge in [0.05, 0.1) is 11.1 Å². The van der Waals surface area contributed by atoms with E-state index in [4.69, 9.17) is 4.74 Å². The van der Waals surface area contributed by atoms with E-state index in [9.17, 15) is 14.4 Å². The van der Waals surface area contributed by atoms with Crippen LogP contribution in [0.15, 0.2) is 24.3 Å². The largest absolute Gasteiger partial charge is 0.444 e. The zero-order chi connectivity index (χ0) is 18.6. The first kappa shape index (κ1) is 19.0. The Kier molecular flexibility index (Phi) is 5.82. The van der Waals surface area contributed by atoms with Gasteiger partial charge < -0.3 is 9.64 Å². The van der Waals surface area contributed by atoms with Gasteiger partial charge in [-0.3, -0.25) is 14.5 Å². The van der Waals surface area contributed by atoms with Crippen molar-refractivity contribution in [3.05, 3.63) is 35.4 Å². The van der Waals surface area contributed by atoms with Crippen LogP contribution in [-0.2, 0) is 4.74 Å². The Labute approximate surface area is 148 Å². The van der Waals surface area contributed by atoms with E-state index < -0.39 is 5.60 Å². The van der Waals surface area contributed by atoms with Crippen LogP contribution in [0.25, 0.3) is 0 Å². The molecule has 6 heteroatoms. The van der Waals surface area contributed by atoms with Crippen LogP contribution in [0, 0.1) is 0 Å². The van der Waals surface area contributed by atoms with Crippen LogP contribution in [0.1, 0.15) is 60.7 Å². The van der Waals surface area contributed by atoms with Crippen LogP contribution >= 0.6 is 0 Å². The van der Waals surface area contributed by atoms with Crippen molar-refractivity contribution in [1.82, 2.24) is 9.80 Å².